The topological polar surface area (TPSA) is 54.3 Å². The Balaban J connectivity index is 1.53. The number of hydrogen-bond donors (Lipinski definition) is 1. The lowest BCUT2D eigenvalue weighted by molar-refractivity contribution is -0.824. The number of alkyl halides is 2. The third-order valence-electron chi connectivity index (χ3n) is 7.32. The molecule has 184 valence electrons. The summed E-state index contributed by atoms with van der Waals surface area (Å²) in [5.41, 5.74) is 1.76. The van der Waals surface area contributed by atoms with Crippen LogP contribution in [0.1, 0.15) is 56.5 Å². The molecule has 1 amide bonds. The number of likely N-dealkylation sites (tertiary alicyclic amines) is 1. The second-order valence-electron chi connectivity index (χ2n) is 9.96. The molecular formula is C26H34F2N3O3+. The number of Topliss-reactive ketones (excluding diaryl/α,β-unsaturated/α-hetero) is 1. The monoisotopic (exact) mass is 474 g/mol. The lowest BCUT2D eigenvalue weighted by Gasteiger charge is -2.51. The number of benzene rings is 1. The standard InChI is InChI=1S/C26H33F2N3O3/c1-17(2)34-22-8-6-19(16-20(22)25(4,27)28)24(33)30-12-10-26(11-13-30)23-9-7-21(18(3)32)31(23)15-14-29(26)5/h6-9,16-17H,10-15H2,1-5H3/p+1. The highest BCUT2D eigenvalue weighted by Crippen LogP contribution is 2.38. The van der Waals surface area contributed by atoms with Crippen molar-refractivity contribution in [3.63, 3.8) is 0 Å². The predicted molar refractivity (Wildman–Crippen MR) is 125 cm³/mol. The number of nitrogens with one attached hydrogen (secondary N) is 1. The summed E-state index contributed by atoms with van der Waals surface area (Å²) in [6.07, 6.45) is 5.21. The van der Waals surface area contributed by atoms with Crippen molar-refractivity contribution in [2.45, 2.75) is 58.1 Å². The number of piperidine rings is 1. The van der Waals surface area contributed by atoms with Crippen molar-refractivity contribution < 1.29 is 28.0 Å². The van der Waals surface area contributed by atoms with Crippen molar-refractivity contribution >= 4 is 11.7 Å². The molecule has 0 bridgehead atoms. The van der Waals surface area contributed by atoms with Gasteiger partial charge in [0.15, 0.2) is 5.70 Å². The quantitative estimate of drug-likeness (QED) is 0.713. The summed E-state index contributed by atoms with van der Waals surface area (Å²) in [5, 5.41) is 0. The SMILES string of the molecule is CC(=O)C1=CC=C2[NH+]1CCN(C)C21CCN(C(=O)c2ccc(OC(C)C)c(C(C)(F)F)c2)CC1. The molecule has 6 nitrogen and oxygen atoms in total. The van der Waals surface area contributed by atoms with E-state index >= 15 is 0 Å². The minimum atomic E-state index is -3.13. The lowest BCUT2D eigenvalue weighted by atomic mass is 9.80. The Kier molecular flexibility index (Phi) is 6.42. The van der Waals surface area contributed by atoms with E-state index in [2.05, 4.69) is 18.0 Å². The molecule has 2 saturated heterocycles. The first-order valence-electron chi connectivity index (χ1n) is 11.9. The van der Waals surface area contributed by atoms with Crippen LogP contribution in [0.15, 0.2) is 41.7 Å². The molecule has 0 saturated carbocycles. The summed E-state index contributed by atoms with van der Waals surface area (Å²) in [5.74, 6) is -3.19. The average Bonchev–Trinajstić information content (AvgIpc) is 3.21. The van der Waals surface area contributed by atoms with E-state index < -0.39 is 5.92 Å². The Morgan fingerprint density at radius 2 is 1.82 bits per heavy atom. The molecule has 1 aromatic carbocycles. The van der Waals surface area contributed by atoms with E-state index in [1.807, 2.05) is 6.08 Å². The fourth-order valence-electron chi connectivity index (χ4n) is 5.52. The molecule has 4 rings (SSSR count). The molecule has 0 aromatic heterocycles. The zero-order valence-corrected chi connectivity index (χ0v) is 20.6. The van der Waals surface area contributed by atoms with Gasteiger partial charge >= 0.3 is 0 Å². The number of quaternary nitrogens is 1. The number of ketones is 1. The Morgan fingerprint density at radius 1 is 1.15 bits per heavy atom. The van der Waals surface area contributed by atoms with Crippen LogP contribution in [0.2, 0.25) is 0 Å². The third-order valence-corrected chi connectivity index (χ3v) is 7.32. The van der Waals surface area contributed by atoms with Gasteiger partial charge in [0.1, 0.15) is 11.4 Å². The van der Waals surface area contributed by atoms with E-state index in [0.717, 1.165) is 43.5 Å². The van der Waals surface area contributed by atoms with E-state index in [4.69, 9.17) is 4.74 Å². The molecular weight excluding hydrogens is 440 g/mol. The van der Waals surface area contributed by atoms with Crippen LogP contribution in [0.3, 0.4) is 0 Å². The first-order chi connectivity index (χ1) is 15.9. The summed E-state index contributed by atoms with van der Waals surface area (Å²) in [6, 6.07) is 4.31. The number of carbonyl (C=O) groups excluding carboxylic acids is 2. The van der Waals surface area contributed by atoms with Gasteiger partial charge in [-0.1, -0.05) is 0 Å². The Hall–Kier alpha value is -2.58. The molecule has 34 heavy (non-hydrogen) atoms. The van der Waals surface area contributed by atoms with Gasteiger partial charge in [-0.2, -0.15) is 0 Å². The highest BCUT2D eigenvalue weighted by molar-refractivity contribution is 5.95. The minimum absolute atomic E-state index is 0.0852. The van der Waals surface area contributed by atoms with Gasteiger partial charge in [0.25, 0.3) is 11.8 Å². The van der Waals surface area contributed by atoms with E-state index in [1.54, 1.807) is 31.7 Å². The number of amides is 1. The first-order valence-corrected chi connectivity index (χ1v) is 11.9. The first kappa shape index (κ1) is 24.5. The summed E-state index contributed by atoms with van der Waals surface area (Å²) < 4.78 is 34.2. The summed E-state index contributed by atoms with van der Waals surface area (Å²) in [6.45, 7) is 8.72. The second kappa shape index (κ2) is 8.89. The normalized spacial score (nSPS) is 22.5. The van der Waals surface area contributed by atoms with Gasteiger partial charge in [-0.25, -0.2) is 8.78 Å². The van der Waals surface area contributed by atoms with Crippen molar-refractivity contribution in [3.8, 4) is 5.75 Å². The molecule has 1 spiro atoms. The molecule has 2 fully saturated rings. The average molecular weight is 475 g/mol. The lowest BCUT2D eigenvalue weighted by Crippen LogP contribution is -3.13. The molecule has 3 aliphatic rings. The highest BCUT2D eigenvalue weighted by atomic mass is 19.3. The van der Waals surface area contributed by atoms with Crippen LogP contribution in [-0.4, -0.2) is 66.4 Å². The van der Waals surface area contributed by atoms with Crippen LogP contribution in [0, 0.1) is 0 Å². The van der Waals surface area contributed by atoms with Crippen molar-refractivity contribution in [1.82, 2.24) is 9.80 Å². The van der Waals surface area contributed by atoms with Crippen molar-refractivity contribution in [1.29, 1.82) is 0 Å². The highest BCUT2D eigenvalue weighted by Gasteiger charge is 2.52. The molecule has 3 aliphatic heterocycles. The van der Waals surface area contributed by atoms with Gasteiger partial charge in [-0.05, 0) is 51.9 Å². The van der Waals surface area contributed by atoms with Crippen LogP contribution in [0.25, 0.3) is 0 Å². The van der Waals surface area contributed by atoms with Gasteiger partial charge in [-0.3, -0.25) is 19.4 Å². The van der Waals surface area contributed by atoms with Gasteiger partial charge in [0.05, 0.1) is 23.8 Å². The minimum Gasteiger partial charge on any atom is -0.490 e. The number of likely N-dealkylation sites (N-methyl/N-ethyl adjacent to an activating group) is 1. The molecule has 1 aromatic rings. The van der Waals surface area contributed by atoms with Crippen molar-refractivity contribution in [2.75, 3.05) is 33.2 Å². The van der Waals surface area contributed by atoms with Gasteiger partial charge in [0, 0.05) is 51.2 Å². The maximum atomic E-state index is 14.3. The number of hydrogen-bond acceptors (Lipinski definition) is 4. The van der Waals surface area contributed by atoms with Gasteiger partial charge < -0.3 is 9.64 Å². The number of carbonyl (C=O) groups is 2. The van der Waals surface area contributed by atoms with Gasteiger partial charge in [-0.15, -0.1) is 0 Å². The third kappa shape index (κ3) is 4.29. The smallest absolute Gasteiger partial charge is 0.274 e. The number of fused-ring (bicyclic) bond motifs is 2. The molecule has 8 heteroatoms. The summed E-state index contributed by atoms with van der Waals surface area (Å²) in [7, 11) is 2.10. The number of piperazine rings is 1. The van der Waals surface area contributed by atoms with Crippen LogP contribution in [0.5, 0.6) is 5.75 Å². The largest absolute Gasteiger partial charge is 0.490 e. The Morgan fingerprint density at radius 3 is 2.41 bits per heavy atom. The fraction of sp³-hybridized carbons (Fsp3) is 0.538. The Labute approximate surface area is 199 Å². The van der Waals surface area contributed by atoms with Crippen LogP contribution in [0.4, 0.5) is 8.78 Å². The number of nitrogens with zero attached hydrogens (tertiary/aromatic N) is 2. The molecule has 1 atom stereocenters. The maximum Gasteiger partial charge on any atom is 0.274 e. The second-order valence-corrected chi connectivity index (χ2v) is 9.96. The maximum absolute atomic E-state index is 14.3. The van der Waals surface area contributed by atoms with Crippen molar-refractivity contribution in [2.24, 2.45) is 0 Å². The van der Waals surface area contributed by atoms with E-state index in [9.17, 15) is 18.4 Å². The van der Waals surface area contributed by atoms with Crippen molar-refractivity contribution in [3.05, 3.63) is 52.9 Å². The van der Waals surface area contributed by atoms with Crippen LogP contribution < -0.4 is 9.64 Å². The molecule has 0 aliphatic carbocycles. The summed E-state index contributed by atoms with van der Waals surface area (Å²) in [4.78, 5) is 30.6. The zero-order chi connectivity index (χ0) is 24.8. The van der Waals surface area contributed by atoms with E-state index in [1.165, 1.54) is 17.8 Å². The molecule has 3 heterocycles. The zero-order valence-electron chi connectivity index (χ0n) is 20.6. The van der Waals surface area contributed by atoms with Gasteiger partial charge in [0.2, 0.25) is 5.78 Å². The Bertz CT molecular complexity index is 1050. The van der Waals surface area contributed by atoms with E-state index in [-0.39, 0.29) is 40.2 Å². The van der Waals surface area contributed by atoms with E-state index in [0.29, 0.717) is 13.1 Å². The van der Waals surface area contributed by atoms with Crippen LogP contribution >= 0.6 is 0 Å². The fourth-order valence-corrected chi connectivity index (χ4v) is 5.52. The number of rotatable bonds is 5. The number of allylic oxidation sites excluding steroid dienone is 3. The number of ether oxygens (including phenoxy) is 1. The predicted octanol–water partition coefficient (Wildman–Crippen LogP) is 2.76. The molecule has 1 unspecified atom stereocenters. The molecule has 0 radical (unpaired) electrons. The summed E-state index contributed by atoms with van der Waals surface area (Å²) >= 11 is 0. The number of halogens is 2. The van der Waals surface area contributed by atoms with Crippen LogP contribution in [-0.2, 0) is 10.7 Å². The molecule has 1 N–H and O–H groups in total.